The van der Waals surface area contributed by atoms with Crippen LogP contribution in [0.3, 0.4) is 0 Å². The minimum Gasteiger partial charge on any atom is -0.493 e. The molecule has 7 nitrogen and oxygen atoms in total. The molecule has 1 aliphatic rings. The molecule has 1 saturated heterocycles. The number of nitrogens with zero attached hydrogens (tertiary/aromatic N) is 1. The van der Waals surface area contributed by atoms with Gasteiger partial charge in [0, 0.05) is 15.1 Å². The van der Waals surface area contributed by atoms with E-state index in [2.05, 4.69) is 0 Å². The molecule has 0 spiro atoms. The van der Waals surface area contributed by atoms with Gasteiger partial charge >= 0.3 is 10.1 Å². The lowest BCUT2D eigenvalue weighted by Gasteiger charge is -2.14. The Bertz CT molecular complexity index is 1540. The molecule has 0 bridgehead atoms. The third-order valence-electron chi connectivity index (χ3n) is 5.06. The fourth-order valence-electron chi connectivity index (χ4n) is 3.27. The molecule has 2 amide bonds. The van der Waals surface area contributed by atoms with Gasteiger partial charge in [0.15, 0.2) is 5.75 Å². The molecule has 4 rings (SSSR count). The van der Waals surface area contributed by atoms with Crippen molar-refractivity contribution in [2.75, 3.05) is 7.11 Å². The predicted octanol–water partition coefficient (Wildman–Crippen LogP) is 7.31. The highest BCUT2D eigenvalue weighted by molar-refractivity contribution is 8.18. The molecule has 0 radical (unpaired) electrons. The third kappa shape index (κ3) is 6.19. The van der Waals surface area contributed by atoms with Crippen molar-refractivity contribution in [2.24, 2.45) is 0 Å². The summed E-state index contributed by atoms with van der Waals surface area (Å²) < 4.78 is 35.9. The number of hydrogen-bond donors (Lipinski definition) is 0. The number of amides is 2. The Labute approximate surface area is 237 Å². The topological polar surface area (TPSA) is 90.0 Å². The molecule has 3 aromatic rings. The summed E-state index contributed by atoms with van der Waals surface area (Å²) in [5.74, 6) is -0.757. The molecule has 37 heavy (non-hydrogen) atoms. The Morgan fingerprint density at radius 3 is 2.24 bits per heavy atom. The van der Waals surface area contributed by atoms with E-state index in [0.29, 0.717) is 26.2 Å². The lowest BCUT2D eigenvalue weighted by molar-refractivity contribution is -0.123. The van der Waals surface area contributed by atoms with E-state index >= 15 is 0 Å². The van der Waals surface area contributed by atoms with Gasteiger partial charge in [0.25, 0.3) is 11.1 Å². The van der Waals surface area contributed by atoms with Crippen LogP contribution in [0.25, 0.3) is 6.08 Å². The molecule has 0 unspecified atom stereocenters. The second-order valence-electron chi connectivity index (χ2n) is 7.53. The first-order chi connectivity index (χ1) is 17.5. The number of imide groups is 1. The SMILES string of the molecule is COc1cc(/C=C2\SC(=O)N(Cc3ccc(Cl)cc3Cl)C2=O)cc(Cl)c1OS(=O)(=O)c1ccc(Cl)cc1. The number of methoxy groups -OCH3 is 1. The molecule has 0 aromatic heterocycles. The van der Waals surface area contributed by atoms with Gasteiger partial charge in [0.1, 0.15) is 4.90 Å². The van der Waals surface area contributed by atoms with E-state index in [1.807, 2.05) is 0 Å². The number of rotatable bonds is 7. The standard InChI is InChI=1S/C24H15Cl4NO6S2/c1-34-20-9-13(8-19(28)22(20)35-37(32,33)17-6-4-15(25)5-7-17)10-21-23(30)29(24(31)36-21)12-14-2-3-16(26)11-18(14)27/h2-11H,12H2,1H3/b21-10-. The maximum Gasteiger partial charge on any atom is 0.339 e. The summed E-state index contributed by atoms with van der Waals surface area (Å²) in [6, 6.07) is 13.0. The normalized spacial score (nSPS) is 14.9. The second kappa shape index (κ2) is 11.1. The number of benzene rings is 3. The summed E-state index contributed by atoms with van der Waals surface area (Å²) in [5, 5.41) is 0.558. The smallest absolute Gasteiger partial charge is 0.339 e. The molecular weight excluding hydrogens is 604 g/mol. The molecule has 1 heterocycles. The van der Waals surface area contributed by atoms with Crippen molar-refractivity contribution in [1.29, 1.82) is 0 Å². The molecule has 1 fully saturated rings. The Hall–Kier alpha value is -2.40. The van der Waals surface area contributed by atoms with Crippen molar-refractivity contribution >= 4 is 85.5 Å². The zero-order valence-corrected chi connectivity index (χ0v) is 23.4. The fraction of sp³-hybridized carbons (Fsp3) is 0.0833. The number of ether oxygens (including phenoxy) is 1. The van der Waals surface area contributed by atoms with Crippen molar-refractivity contribution in [2.45, 2.75) is 11.4 Å². The monoisotopic (exact) mass is 617 g/mol. The number of carbonyl (C=O) groups is 2. The van der Waals surface area contributed by atoms with Crippen LogP contribution < -0.4 is 8.92 Å². The molecule has 1 aliphatic heterocycles. The van der Waals surface area contributed by atoms with Crippen molar-refractivity contribution < 1.29 is 26.9 Å². The van der Waals surface area contributed by atoms with Crippen LogP contribution in [0.5, 0.6) is 11.5 Å². The Morgan fingerprint density at radius 1 is 0.919 bits per heavy atom. The van der Waals surface area contributed by atoms with Crippen molar-refractivity contribution in [3.05, 3.63) is 90.7 Å². The largest absolute Gasteiger partial charge is 0.493 e. The van der Waals surface area contributed by atoms with E-state index in [-0.39, 0.29) is 32.9 Å². The maximum absolute atomic E-state index is 12.9. The van der Waals surface area contributed by atoms with Gasteiger partial charge in [0.05, 0.1) is 23.6 Å². The second-order valence-corrected chi connectivity index (χ2v) is 11.8. The molecule has 13 heteroatoms. The van der Waals surface area contributed by atoms with Gasteiger partial charge in [-0.25, -0.2) is 0 Å². The Balaban J connectivity index is 1.60. The van der Waals surface area contributed by atoms with Crippen molar-refractivity contribution in [3.8, 4) is 11.5 Å². The van der Waals surface area contributed by atoms with Gasteiger partial charge in [-0.05, 0) is 77.5 Å². The summed E-state index contributed by atoms with van der Waals surface area (Å²) in [4.78, 5) is 26.5. The molecule has 0 atom stereocenters. The van der Waals surface area contributed by atoms with Crippen LogP contribution in [-0.2, 0) is 21.5 Å². The van der Waals surface area contributed by atoms with Gasteiger partial charge in [-0.2, -0.15) is 8.42 Å². The van der Waals surface area contributed by atoms with E-state index in [1.54, 1.807) is 12.1 Å². The maximum atomic E-state index is 12.9. The summed E-state index contributed by atoms with van der Waals surface area (Å²) >= 11 is 25.0. The van der Waals surface area contributed by atoms with Crippen LogP contribution in [0.15, 0.2) is 64.4 Å². The zero-order valence-electron chi connectivity index (χ0n) is 18.7. The lowest BCUT2D eigenvalue weighted by atomic mass is 10.1. The van der Waals surface area contributed by atoms with Crippen LogP contribution in [-0.4, -0.2) is 31.6 Å². The summed E-state index contributed by atoms with van der Waals surface area (Å²) in [5.41, 5.74) is 0.941. The average molecular weight is 619 g/mol. The number of hydrogen-bond acceptors (Lipinski definition) is 7. The molecular formula is C24H15Cl4NO6S2. The van der Waals surface area contributed by atoms with Crippen molar-refractivity contribution in [1.82, 2.24) is 4.90 Å². The van der Waals surface area contributed by atoms with Gasteiger partial charge in [-0.15, -0.1) is 0 Å². The Kier molecular flexibility index (Phi) is 8.32. The van der Waals surface area contributed by atoms with E-state index in [1.165, 1.54) is 55.7 Å². The summed E-state index contributed by atoms with van der Waals surface area (Å²) in [6.45, 7) is -0.0303. The fourth-order valence-corrected chi connectivity index (χ4v) is 5.96. The van der Waals surface area contributed by atoms with Gasteiger partial charge < -0.3 is 8.92 Å². The number of thioether (sulfide) groups is 1. The minimum atomic E-state index is -4.25. The van der Waals surface area contributed by atoms with Crippen LogP contribution >= 0.6 is 58.2 Å². The van der Waals surface area contributed by atoms with Gasteiger partial charge in [-0.1, -0.05) is 52.5 Å². The predicted molar refractivity (Wildman–Crippen MR) is 145 cm³/mol. The van der Waals surface area contributed by atoms with Crippen LogP contribution in [0, 0.1) is 0 Å². The first-order valence-corrected chi connectivity index (χ1v) is 14.0. The van der Waals surface area contributed by atoms with Crippen LogP contribution in [0.1, 0.15) is 11.1 Å². The van der Waals surface area contributed by atoms with Crippen LogP contribution in [0.4, 0.5) is 4.79 Å². The van der Waals surface area contributed by atoms with E-state index in [0.717, 1.165) is 16.7 Å². The first kappa shape index (κ1) is 27.6. The minimum absolute atomic E-state index is 0.00321. The zero-order chi connectivity index (χ0) is 26.9. The average Bonchev–Trinajstić information content (AvgIpc) is 3.09. The molecule has 3 aromatic carbocycles. The molecule has 0 N–H and O–H groups in total. The van der Waals surface area contributed by atoms with E-state index in [4.69, 9.17) is 55.3 Å². The Morgan fingerprint density at radius 2 is 1.59 bits per heavy atom. The highest BCUT2D eigenvalue weighted by atomic mass is 35.5. The van der Waals surface area contributed by atoms with E-state index < -0.39 is 21.3 Å². The molecule has 192 valence electrons. The first-order valence-electron chi connectivity index (χ1n) is 10.3. The highest BCUT2D eigenvalue weighted by Crippen LogP contribution is 2.40. The van der Waals surface area contributed by atoms with Crippen LogP contribution in [0.2, 0.25) is 20.1 Å². The lowest BCUT2D eigenvalue weighted by Crippen LogP contribution is -2.27. The van der Waals surface area contributed by atoms with E-state index in [9.17, 15) is 18.0 Å². The van der Waals surface area contributed by atoms with Gasteiger partial charge in [0.2, 0.25) is 5.75 Å². The number of carbonyl (C=O) groups excluding carboxylic acids is 2. The highest BCUT2D eigenvalue weighted by Gasteiger charge is 2.35. The third-order valence-corrected chi connectivity index (χ3v) is 8.32. The summed E-state index contributed by atoms with van der Waals surface area (Å²) in [7, 11) is -2.94. The summed E-state index contributed by atoms with van der Waals surface area (Å²) in [6.07, 6.45) is 1.44. The number of halogens is 4. The molecule has 0 aliphatic carbocycles. The van der Waals surface area contributed by atoms with Crippen molar-refractivity contribution in [3.63, 3.8) is 0 Å². The molecule has 0 saturated carbocycles. The van der Waals surface area contributed by atoms with Gasteiger partial charge in [-0.3, -0.25) is 14.5 Å². The quantitative estimate of drug-likeness (QED) is 0.202.